The second kappa shape index (κ2) is 6.38. The molecule has 0 atom stereocenters. The summed E-state index contributed by atoms with van der Waals surface area (Å²) in [6, 6.07) is 8.26. The number of nitrogens with one attached hydrogen (secondary N) is 1. The van der Waals surface area contributed by atoms with Crippen LogP contribution in [0.3, 0.4) is 0 Å². The van der Waals surface area contributed by atoms with Crippen LogP contribution in [0.1, 0.15) is 44.6 Å². The first-order valence-corrected chi connectivity index (χ1v) is 8.56. The van der Waals surface area contributed by atoms with E-state index < -0.39 is 10.0 Å². The largest absolute Gasteiger partial charge is 0.242 e. The summed E-state index contributed by atoms with van der Waals surface area (Å²) in [5, 5.41) is 9.01. The van der Waals surface area contributed by atoms with Crippen LogP contribution in [-0.4, -0.2) is 14.5 Å². The molecule has 20 heavy (non-hydrogen) atoms. The zero-order chi connectivity index (χ0) is 14.6. The van der Waals surface area contributed by atoms with Gasteiger partial charge in [0.2, 0.25) is 10.0 Å². The van der Waals surface area contributed by atoms with Crippen LogP contribution in [0, 0.1) is 17.2 Å². The molecule has 0 amide bonds. The molecule has 1 aliphatic carbocycles. The Bertz CT molecular complexity index is 597. The molecular weight excluding hydrogens is 272 g/mol. The van der Waals surface area contributed by atoms with Gasteiger partial charge >= 0.3 is 0 Å². The summed E-state index contributed by atoms with van der Waals surface area (Å²) in [6.45, 7) is 2.18. The van der Waals surface area contributed by atoms with E-state index in [1.54, 1.807) is 12.1 Å². The molecule has 1 N–H and O–H groups in total. The van der Waals surface area contributed by atoms with E-state index in [0.29, 0.717) is 0 Å². The van der Waals surface area contributed by atoms with Crippen molar-refractivity contribution in [2.45, 2.75) is 50.0 Å². The quantitative estimate of drug-likeness (QED) is 0.927. The maximum Gasteiger partial charge on any atom is 0.242 e. The summed E-state index contributed by atoms with van der Waals surface area (Å²) in [6.07, 6.45) is 5.07. The van der Waals surface area contributed by atoms with Gasteiger partial charge in [-0.15, -0.1) is 0 Å². The van der Waals surface area contributed by atoms with Crippen molar-refractivity contribution < 1.29 is 8.42 Å². The van der Waals surface area contributed by atoms with Crippen LogP contribution in [0.25, 0.3) is 0 Å². The van der Waals surface area contributed by atoms with Crippen LogP contribution in [0.4, 0.5) is 0 Å². The molecule has 1 saturated carbocycles. The minimum atomic E-state index is -3.60. The molecular formula is C15H20N2O2S. The van der Waals surface area contributed by atoms with E-state index in [9.17, 15) is 8.42 Å². The monoisotopic (exact) mass is 292 g/mol. The van der Waals surface area contributed by atoms with Crippen molar-refractivity contribution in [3.63, 3.8) is 0 Å². The summed E-state index contributed by atoms with van der Waals surface area (Å²) in [7, 11) is -3.60. The van der Waals surface area contributed by atoms with Crippen molar-refractivity contribution in [1.82, 2.24) is 4.72 Å². The molecule has 0 aromatic heterocycles. The molecule has 1 fully saturated rings. The highest BCUT2D eigenvalue weighted by Crippen LogP contribution is 2.27. The molecule has 1 aromatic carbocycles. The summed E-state index contributed by atoms with van der Waals surface area (Å²) in [4.78, 5) is 0.0834. The van der Waals surface area contributed by atoms with Crippen molar-refractivity contribution in [3.05, 3.63) is 29.8 Å². The Hall–Kier alpha value is -1.38. The zero-order valence-electron chi connectivity index (χ0n) is 11.7. The second-order valence-corrected chi connectivity index (χ2v) is 7.04. The van der Waals surface area contributed by atoms with Crippen LogP contribution >= 0.6 is 0 Å². The van der Waals surface area contributed by atoms with Gasteiger partial charge in [0.15, 0.2) is 0 Å². The number of hydrogen-bond acceptors (Lipinski definition) is 3. The van der Waals surface area contributed by atoms with Crippen molar-refractivity contribution in [2.24, 2.45) is 5.92 Å². The number of nitriles is 1. The molecule has 0 heterocycles. The van der Waals surface area contributed by atoms with Crippen LogP contribution < -0.4 is 4.72 Å². The predicted octanol–water partition coefficient (Wildman–Crippen LogP) is 2.81. The van der Waals surface area contributed by atoms with Crippen LogP contribution in [0.2, 0.25) is 0 Å². The van der Waals surface area contributed by atoms with Crippen molar-refractivity contribution in [1.29, 1.82) is 5.26 Å². The van der Waals surface area contributed by atoms with Gasteiger partial charge in [-0.3, -0.25) is 0 Å². The van der Waals surface area contributed by atoms with Gasteiger partial charge in [-0.05, 0) is 43.7 Å². The van der Waals surface area contributed by atoms with Crippen LogP contribution in [0.5, 0.6) is 0 Å². The summed E-state index contributed by atoms with van der Waals surface area (Å²) >= 11 is 0. The normalized spacial score (nSPS) is 23.2. The summed E-state index contributed by atoms with van der Waals surface area (Å²) < 4.78 is 27.5. The van der Waals surface area contributed by atoms with E-state index in [-0.39, 0.29) is 16.5 Å². The molecule has 0 aliphatic heterocycles. The average Bonchev–Trinajstić information content (AvgIpc) is 2.47. The molecule has 1 aliphatic rings. The molecule has 1 aromatic rings. The molecule has 4 nitrogen and oxygen atoms in total. The minimum absolute atomic E-state index is 0.00505. The van der Waals surface area contributed by atoms with Crippen molar-refractivity contribution >= 4 is 10.0 Å². The SMILES string of the molecule is CCC1CCC(NS(=O)(=O)c2ccccc2C#N)CC1. The van der Waals surface area contributed by atoms with E-state index in [0.717, 1.165) is 38.0 Å². The highest BCUT2D eigenvalue weighted by Gasteiger charge is 2.26. The van der Waals surface area contributed by atoms with Gasteiger partial charge in [-0.2, -0.15) is 5.26 Å². The lowest BCUT2D eigenvalue weighted by Gasteiger charge is -2.28. The Kier molecular flexibility index (Phi) is 4.79. The second-order valence-electron chi connectivity index (χ2n) is 5.36. The molecule has 108 valence electrons. The first-order chi connectivity index (χ1) is 9.56. The first-order valence-electron chi connectivity index (χ1n) is 7.08. The van der Waals surface area contributed by atoms with E-state index in [1.807, 2.05) is 6.07 Å². The summed E-state index contributed by atoms with van der Waals surface area (Å²) in [5.74, 6) is 0.724. The molecule has 0 radical (unpaired) electrons. The Morgan fingerprint density at radius 3 is 2.50 bits per heavy atom. The molecule has 0 unspecified atom stereocenters. The molecule has 2 rings (SSSR count). The third-order valence-electron chi connectivity index (χ3n) is 4.04. The molecule has 5 heteroatoms. The van der Waals surface area contributed by atoms with Crippen molar-refractivity contribution in [2.75, 3.05) is 0 Å². The van der Waals surface area contributed by atoms with E-state index >= 15 is 0 Å². The summed E-state index contributed by atoms with van der Waals surface area (Å²) in [5.41, 5.74) is 0.197. The lowest BCUT2D eigenvalue weighted by Crippen LogP contribution is -2.37. The molecule has 0 saturated heterocycles. The standard InChI is InChI=1S/C15H20N2O2S/c1-2-12-7-9-14(10-8-12)17-20(18,19)15-6-4-3-5-13(15)11-16/h3-6,12,14,17H,2,7-10H2,1H3. The first kappa shape index (κ1) is 15.0. The van der Waals surface area contributed by atoms with Gasteiger partial charge in [0.1, 0.15) is 6.07 Å². The van der Waals surface area contributed by atoms with Crippen molar-refractivity contribution in [3.8, 4) is 6.07 Å². The van der Waals surface area contributed by atoms with E-state index in [1.165, 1.54) is 12.1 Å². The highest BCUT2D eigenvalue weighted by molar-refractivity contribution is 7.89. The van der Waals surface area contributed by atoms with Gasteiger partial charge in [0.05, 0.1) is 10.5 Å². The average molecular weight is 292 g/mol. The molecule has 0 spiro atoms. The maximum absolute atomic E-state index is 12.4. The smallest absolute Gasteiger partial charge is 0.208 e. The Labute approximate surface area is 120 Å². The lowest BCUT2D eigenvalue weighted by atomic mass is 9.85. The van der Waals surface area contributed by atoms with Gasteiger partial charge in [0.25, 0.3) is 0 Å². The lowest BCUT2D eigenvalue weighted by molar-refractivity contribution is 0.306. The third kappa shape index (κ3) is 3.38. The molecule has 0 bridgehead atoms. The topological polar surface area (TPSA) is 70.0 Å². The fourth-order valence-corrected chi connectivity index (χ4v) is 4.23. The van der Waals surface area contributed by atoms with E-state index in [4.69, 9.17) is 5.26 Å². The number of nitrogens with zero attached hydrogens (tertiary/aromatic N) is 1. The van der Waals surface area contributed by atoms with Gasteiger partial charge < -0.3 is 0 Å². The zero-order valence-corrected chi connectivity index (χ0v) is 12.5. The number of benzene rings is 1. The Balaban J connectivity index is 2.11. The predicted molar refractivity (Wildman–Crippen MR) is 77.5 cm³/mol. The minimum Gasteiger partial charge on any atom is -0.208 e. The van der Waals surface area contributed by atoms with E-state index in [2.05, 4.69) is 11.6 Å². The van der Waals surface area contributed by atoms with Gasteiger partial charge in [-0.25, -0.2) is 13.1 Å². The maximum atomic E-state index is 12.4. The highest BCUT2D eigenvalue weighted by atomic mass is 32.2. The van der Waals surface area contributed by atoms with Gasteiger partial charge in [-0.1, -0.05) is 25.5 Å². The fourth-order valence-electron chi connectivity index (χ4n) is 2.76. The number of rotatable bonds is 4. The number of hydrogen-bond donors (Lipinski definition) is 1. The van der Waals surface area contributed by atoms with Crippen LogP contribution in [0.15, 0.2) is 29.2 Å². The Morgan fingerprint density at radius 1 is 1.25 bits per heavy atom. The Morgan fingerprint density at radius 2 is 1.90 bits per heavy atom. The van der Waals surface area contributed by atoms with Gasteiger partial charge in [0, 0.05) is 6.04 Å². The number of sulfonamides is 1. The fraction of sp³-hybridized carbons (Fsp3) is 0.533. The third-order valence-corrected chi connectivity index (χ3v) is 5.62. The van der Waals surface area contributed by atoms with Crippen LogP contribution in [-0.2, 0) is 10.0 Å².